The predicted octanol–water partition coefficient (Wildman–Crippen LogP) is 1.60. The predicted molar refractivity (Wildman–Crippen MR) is 260 cm³/mol. The Morgan fingerprint density at radius 1 is 0.521 bits per heavy atom. The maximum atomic E-state index is 12.2. The number of carbonyl (C=O) groups is 4. The lowest BCUT2D eigenvalue weighted by molar-refractivity contribution is -0.0572. The molecule has 32 heteroatoms. The van der Waals surface area contributed by atoms with Crippen molar-refractivity contribution in [2.24, 2.45) is 0 Å². The van der Waals surface area contributed by atoms with Gasteiger partial charge in [-0.05, 0) is 83.1 Å². The van der Waals surface area contributed by atoms with Crippen molar-refractivity contribution < 1.29 is 101 Å². The summed E-state index contributed by atoms with van der Waals surface area (Å²) in [5.41, 5.74) is 7.60. The van der Waals surface area contributed by atoms with E-state index < -0.39 is 76.1 Å². The molecule has 6 N–H and O–H groups in total. The highest BCUT2D eigenvalue weighted by Gasteiger charge is 2.34. The van der Waals surface area contributed by atoms with Crippen molar-refractivity contribution in [2.45, 2.75) is 105 Å². The molecular weight excluding hydrogens is 1040 g/mol. The van der Waals surface area contributed by atoms with Gasteiger partial charge >= 0.3 is 24.4 Å². The van der Waals surface area contributed by atoms with Crippen molar-refractivity contribution in [3.8, 4) is 0 Å². The summed E-state index contributed by atoms with van der Waals surface area (Å²) < 4.78 is 110. The zero-order valence-electron chi connectivity index (χ0n) is 43.9. The molecule has 2 aliphatic rings. The Bertz CT molecular complexity index is 1660. The number of aliphatic hydroxyl groups is 2. The lowest BCUT2D eigenvalue weighted by Crippen LogP contribution is -2.53. The standard InChI is InChI=1S/C14H26N2O5.C10H20N2O4.C6H14O7S2.C4H10N2O.C4H10O3.CH3ClO2S/c1-13(2,3)20-11(17)15-7-9-19-10-8-16(15)12(18)21-14(4,5)6;1-9(2,3)15-7(13)11-12-8(14)16-10(4,5)6;1-14(7,8)12-5-3-11-4-6-13-15(2,9)10;1-3-7-4-2-6-5-1;5-1-3-7-4-2-6;1-5(2,3)4/h7-10H2,1-6H3;1-6H3,(H,11,13)(H,12,14);3-6H2,1-2H3;2*5-6H,1-4H2;1H3. The first kappa shape index (κ1) is 74.3. The summed E-state index contributed by atoms with van der Waals surface area (Å²) in [6, 6.07) is 0. The largest absolute Gasteiger partial charge is 0.443 e. The fraction of sp³-hybridized carbons (Fsp3) is 0.897. The zero-order chi connectivity index (χ0) is 56.2. The molecule has 0 aromatic carbocycles. The first-order valence-electron chi connectivity index (χ1n) is 21.7. The molecule has 2 fully saturated rings. The van der Waals surface area contributed by atoms with E-state index >= 15 is 0 Å². The molecule has 71 heavy (non-hydrogen) atoms. The third-order valence-electron chi connectivity index (χ3n) is 5.85. The lowest BCUT2D eigenvalue weighted by atomic mass is 10.2. The molecule has 0 radical (unpaired) electrons. The Morgan fingerprint density at radius 3 is 1.07 bits per heavy atom. The van der Waals surface area contributed by atoms with E-state index in [1.54, 1.807) is 83.1 Å². The summed E-state index contributed by atoms with van der Waals surface area (Å²) in [5, 5.41) is 18.7. The van der Waals surface area contributed by atoms with Crippen molar-refractivity contribution in [2.75, 3.05) is 124 Å². The van der Waals surface area contributed by atoms with Gasteiger partial charge in [0.25, 0.3) is 20.2 Å². The van der Waals surface area contributed by atoms with Crippen LogP contribution in [0.15, 0.2) is 0 Å². The van der Waals surface area contributed by atoms with Crippen LogP contribution in [0.4, 0.5) is 19.2 Å². The molecule has 2 rings (SSSR count). The van der Waals surface area contributed by atoms with Gasteiger partial charge in [0.15, 0.2) is 0 Å². The van der Waals surface area contributed by atoms with Gasteiger partial charge in [-0.1, -0.05) is 0 Å². The highest BCUT2D eigenvalue weighted by atomic mass is 35.7. The number of hydrazine groups is 3. The zero-order valence-corrected chi connectivity index (χ0v) is 47.1. The number of hydrogen-bond donors (Lipinski definition) is 6. The van der Waals surface area contributed by atoms with Crippen LogP contribution in [0.2, 0.25) is 0 Å². The van der Waals surface area contributed by atoms with Crippen LogP contribution < -0.4 is 21.7 Å². The van der Waals surface area contributed by atoms with E-state index in [1.807, 2.05) is 0 Å². The van der Waals surface area contributed by atoms with E-state index in [9.17, 15) is 44.4 Å². The number of carbonyl (C=O) groups excluding carboxylic acids is 4. The minimum absolute atomic E-state index is 0.0278. The second-order valence-corrected chi connectivity index (χ2v) is 24.3. The molecule has 0 aliphatic carbocycles. The van der Waals surface area contributed by atoms with Crippen LogP contribution in [-0.2, 0) is 75.5 Å². The smallest absolute Gasteiger partial charge is 0.429 e. The van der Waals surface area contributed by atoms with Crippen molar-refractivity contribution >= 4 is 64.3 Å². The molecule has 2 aliphatic heterocycles. The van der Waals surface area contributed by atoms with Crippen molar-refractivity contribution in [3.63, 3.8) is 0 Å². The van der Waals surface area contributed by atoms with Gasteiger partial charge in [-0.3, -0.25) is 19.2 Å². The number of aliphatic hydroxyl groups excluding tert-OH is 2. The van der Waals surface area contributed by atoms with Crippen LogP contribution >= 0.6 is 10.7 Å². The molecule has 4 amide bonds. The summed E-state index contributed by atoms with van der Waals surface area (Å²) in [6.45, 7) is 26.3. The molecule has 0 bridgehead atoms. The van der Waals surface area contributed by atoms with Crippen LogP contribution in [0.3, 0.4) is 0 Å². The van der Waals surface area contributed by atoms with Crippen LogP contribution in [0.5, 0.6) is 0 Å². The molecule has 426 valence electrons. The molecule has 0 aromatic rings. The van der Waals surface area contributed by atoms with Gasteiger partial charge in [-0.25, -0.2) is 48.5 Å². The van der Waals surface area contributed by atoms with Gasteiger partial charge in [0.1, 0.15) is 22.4 Å². The second kappa shape index (κ2) is 38.4. The topological polar surface area (TPSA) is 358 Å². The maximum absolute atomic E-state index is 12.2. The molecule has 0 spiro atoms. The van der Waals surface area contributed by atoms with Gasteiger partial charge in [-0.2, -0.15) is 16.8 Å². The van der Waals surface area contributed by atoms with E-state index in [4.69, 9.17) is 43.4 Å². The van der Waals surface area contributed by atoms with E-state index in [1.165, 1.54) is 10.0 Å². The molecule has 2 heterocycles. The summed E-state index contributed by atoms with van der Waals surface area (Å²) in [6.07, 6.45) is 0.142. The van der Waals surface area contributed by atoms with E-state index in [0.29, 0.717) is 26.4 Å². The van der Waals surface area contributed by atoms with Crippen LogP contribution in [-0.4, -0.2) is 216 Å². The average Bonchev–Trinajstić information content (AvgIpc) is 3.61. The molecule has 0 saturated carbocycles. The summed E-state index contributed by atoms with van der Waals surface area (Å²) in [7, 11) is -5.59. The fourth-order valence-electron chi connectivity index (χ4n) is 3.71. The normalized spacial score (nSPS) is 14.6. The monoisotopic (exact) mass is 1120 g/mol. The minimum Gasteiger partial charge on any atom is -0.443 e. The number of amides is 4. The Hall–Kier alpha value is -3.18. The maximum Gasteiger partial charge on any atom is 0.429 e. The Balaban J connectivity index is -0.000000404. The SMILES string of the molecule is C1COCCNN1.CC(C)(C)OC(=O)N1CCOCCN1C(=O)OC(C)(C)C.CC(C)(C)OC(=O)NNC(=O)OC(C)(C)C.CS(=O)(=O)Cl.CS(=O)(=O)OCCOCCOS(C)(=O)=O.OCCOCCO. The first-order valence-corrected chi connectivity index (χ1v) is 28.0. The quantitative estimate of drug-likeness (QED) is 0.0531. The van der Waals surface area contributed by atoms with Crippen LogP contribution in [0.1, 0.15) is 83.1 Å². The highest BCUT2D eigenvalue weighted by molar-refractivity contribution is 8.13. The number of ether oxygens (including phenoxy) is 8. The van der Waals surface area contributed by atoms with E-state index in [2.05, 4.69) is 45.5 Å². The van der Waals surface area contributed by atoms with Gasteiger partial charge in [0, 0.05) is 23.8 Å². The molecule has 0 aromatic heterocycles. The summed E-state index contributed by atoms with van der Waals surface area (Å²) in [5.74, 6) is 0. The Labute approximate surface area is 425 Å². The van der Waals surface area contributed by atoms with Gasteiger partial charge in [-0.15, -0.1) is 0 Å². The second-order valence-electron chi connectivity index (χ2n) is 17.9. The van der Waals surface area contributed by atoms with Crippen molar-refractivity contribution in [1.29, 1.82) is 0 Å². The van der Waals surface area contributed by atoms with Crippen molar-refractivity contribution in [1.82, 2.24) is 31.7 Å². The average molecular weight is 1120 g/mol. The molecule has 0 atom stereocenters. The number of nitrogens with zero attached hydrogens (tertiary/aromatic N) is 2. The Morgan fingerprint density at radius 2 is 0.803 bits per heavy atom. The van der Waals surface area contributed by atoms with Crippen LogP contribution in [0.25, 0.3) is 0 Å². The third-order valence-corrected chi connectivity index (χ3v) is 7.04. The van der Waals surface area contributed by atoms with Gasteiger partial charge in [0.2, 0.25) is 9.05 Å². The van der Waals surface area contributed by atoms with Gasteiger partial charge in [0.05, 0.1) is 111 Å². The Kier molecular flexibility index (Phi) is 40.2. The molecule has 28 nitrogen and oxygen atoms in total. The number of nitrogens with one attached hydrogen (secondary N) is 4. The van der Waals surface area contributed by atoms with Crippen LogP contribution in [0, 0.1) is 0 Å². The number of rotatable bonds is 12. The van der Waals surface area contributed by atoms with E-state index in [-0.39, 0.29) is 52.7 Å². The van der Waals surface area contributed by atoms with Gasteiger partial charge < -0.3 is 48.1 Å². The highest BCUT2D eigenvalue weighted by Crippen LogP contribution is 2.17. The first-order chi connectivity index (χ1) is 32.1. The third kappa shape index (κ3) is 66.8. The summed E-state index contributed by atoms with van der Waals surface area (Å²) >= 11 is 0. The summed E-state index contributed by atoms with van der Waals surface area (Å²) in [4.78, 5) is 46.7. The lowest BCUT2D eigenvalue weighted by Gasteiger charge is -2.34. The minimum atomic E-state index is -3.45. The number of hydrogen-bond acceptors (Lipinski definition) is 24. The van der Waals surface area contributed by atoms with Crippen molar-refractivity contribution in [3.05, 3.63) is 0 Å². The fourth-order valence-corrected chi connectivity index (χ4v) is 4.45. The van der Waals surface area contributed by atoms with E-state index in [0.717, 1.165) is 45.1 Å². The number of halogens is 1. The molecule has 0 unspecified atom stereocenters. The molecule has 2 saturated heterocycles. The molecular formula is C39H83ClN6O22S3.